The summed E-state index contributed by atoms with van der Waals surface area (Å²) in [5, 5.41) is 2.03. The van der Waals surface area contributed by atoms with E-state index in [1.54, 1.807) is 7.05 Å². The van der Waals surface area contributed by atoms with Gasteiger partial charge in [0.15, 0.2) is 0 Å². The highest BCUT2D eigenvalue weighted by atomic mass is 16.7. The van der Waals surface area contributed by atoms with Gasteiger partial charge in [-0.05, 0) is 12.1 Å². The number of nitrogens with zero attached hydrogens (tertiary/aromatic N) is 2. The maximum Gasteiger partial charge on any atom is 0.277 e. The summed E-state index contributed by atoms with van der Waals surface area (Å²) in [7, 11) is 3.07. The SMILES string of the molecule is CC.CC.CON(C)C(=O)c1cc(-c2ccccc2)nc2ccccc12. The van der Waals surface area contributed by atoms with Gasteiger partial charge in [0.2, 0.25) is 0 Å². The van der Waals surface area contributed by atoms with Crippen molar-refractivity contribution >= 4 is 16.8 Å². The van der Waals surface area contributed by atoms with Gasteiger partial charge < -0.3 is 0 Å². The van der Waals surface area contributed by atoms with E-state index in [9.17, 15) is 4.79 Å². The summed E-state index contributed by atoms with van der Waals surface area (Å²) >= 11 is 0. The van der Waals surface area contributed by atoms with Crippen LogP contribution in [0.25, 0.3) is 22.2 Å². The summed E-state index contributed by atoms with van der Waals surface area (Å²) in [6.45, 7) is 8.00. The molecule has 0 N–H and O–H groups in total. The standard InChI is InChI=1S/C18H16N2O2.2C2H6/c1-20(22-2)18(21)15-12-17(13-8-4-3-5-9-13)19-16-11-7-6-10-14(15)16;2*1-2/h3-12H,1-2H3;2*1-2H3. The van der Waals surface area contributed by atoms with Crippen LogP contribution in [0.5, 0.6) is 0 Å². The lowest BCUT2D eigenvalue weighted by atomic mass is 10.0. The number of fused-ring (bicyclic) bond motifs is 1. The average molecular weight is 352 g/mol. The second kappa shape index (κ2) is 11.0. The molecule has 0 unspecified atom stereocenters. The van der Waals surface area contributed by atoms with Crippen molar-refractivity contribution in [1.29, 1.82) is 0 Å². The summed E-state index contributed by atoms with van der Waals surface area (Å²) < 4.78 is 0. The molecule has 0 aliphatic carbocycles. The Bertz CT molecular complexity index is 817. The Balaban J connectivity index is 0.000000791. The number of carbonyl (C=O) groups excluding carboxylic acids is 1. The van der Waals surface area contributed by atoms with Crippen LogP contribution in [0.3, 0.4) is 0 Å². The lowest BCUT2D eigenvalue weighted by Crippen LogP contribution is -2.25. The van der Waals surface area contributed by atoms with Gasteiger partial charge in [-0.25, -0.2) is 10.0 Å². The molecule has 0 atom stereocenters. The predicted octanol–water partition coefficient (Wildman–Crippen LogP) is 5.59. The van der Waals surface area contributed by atoms with Gasteiger partial charge in [-0.1, -0.05) is 76.2 Å². The highest BCUT2D eigenvalue weighted by molar-refractivity contribution is 6.06. The molecule has 3 aromatic rings. The normalized spacial score (nSPS) is 9.46. The Hall–Kier alpha value is -2.72. The Morgan fingerprint density at radius 3 is 2.12 bits per heavy atom. The second-order valence-corrected chi connectivity index (χ2v) is 4.92. The third-order valence-electron chi connectivity index (χ3n) is 3.58. The van der Waals surface area contributed by atoms with E-state index < -0.39 is 0 Å². The number of hydrogen-bond donors (Lipinski definition) is 0. The summed E-state index contributed by atoms with van der Waals surface area (Å²) in [4.78, 5) is 22.2. The lowest BCUT2D eigenvalue weighted by Gasteiger charge is -2.16. The molecule has 0 radical (unpaired) electrons. The zero-order valence-corrected chi connectivity index (χ0v) is 16.5. The highest BCUT2D eigenvalue weighted by Gasteiger charge is 2.17. The summed E-state index contributed by atoms with van der Waals surface area (Å²) in [6, 6.07) is 19.2. The van der Waals surface area contributed by atoms with Crippen LogP contribution in [-0.4, -0.2) is 30.1 Å². The van der Waals surface area contributed by atoms with Crippen molar-refractivity contribution in [3.8, 4) is 11.3 Å². The van der Waals surface area contributed by atoms with Gasteiger partial charge >= 0.3 is 0 Å². The maximum absolute atomic E-state index is 12.5. The van der Waals surface area contributed by atoms with E-state index in [0.29, 0.717) is 5.56 Å². The first-order valence-corrected chi connectivity index (χ1v) is 8.98. The van der Waals surface area contributed by atoms with Crippen LogP contribution in [-0.2, 0) is 4.84 Å². The average Bonchev–Trinajstić information content (AvgIpc) is 2.75. The molecule has 0 spiro atoms. The second-order valence-electron chi connectivity index (χ2n) is 4.92. The van der Waals surface area contributed by atoms with E-state index in [4.69, 9.17) is 4.84 Å². The predicted molar refractivity (Wildman–Crippen MR) is 109 cm³/mol. The molecule has 0 bridgehead atoms. The molecule has 0 fully saturated rings. The molecule has 4 heteroatoms. The Labute approximate surface area is 156 Å². The van der Waals surface area contributed by atoms with E-state index >= 15 is 0 Å². The fourth-order valence-electron chi connectivity index (χ4n) is 2.36. The smallest absolute Gasteiger partial charge is 0.274 e. The van der Waals surface area contributed by atoms with Crippen LogP contribution in [0.2, 0.25) is 0 Å². The quantitative estimate of drug-likeness (QED) is 0.577. The van der Waals surface area contributed by atoms with Gasteiger partial charge in [-0.2, -0.15) is 0 Å². The van der Waals surface area contributed by atoms with Crippen LogP contribution < -0.4 is 0 Å². The highest BCUT2D eigenvalue weighted by Crippen LogP contribution is 2.25. The van der Waals surface area contributed by atoms with E-state index in [2.05, 4.69) is 4.98 Å². The van der Waals surface area contributed by atoms with Gasteiger partial charge in [-0.3, -0.25) is 9.63 Å². The molecular weight excluding hydrogens is 324 g/mol. The number of hydroxylamine groups is 2. The number of rotatable bonds is 3. The monoisotopic (exact) mass is 352 g/mol. The maximum atomic E-state index is 12.5. The van der Waals surface area contributed by atoms with Crippen molar-refractivity contribution in [2.75, 3.05) is 14.2 Å². The number of pyridine rings is 1. The Morgan fingerprint density at radius 2 is 1.50 bits per heavy atom. The molecule has 2 aromatic carbocycles. The molecule has 3 rings (SSSR count). The van der Waals surface area contributed by atoms with E-state index in [0.717, 1.165) is 22.2 Å². The fraction of sp³-hybridized carbons (Fsp3) is 0.273. The first kappa shape index (κ1) is 21.3. The number of para-hydroxylation sites is 1. The van der Waals surface area contributed by atoms with Crippen LogP contribution in [0, 0.1) is 0 Å². The number of hydrogen-bond acceptors (Lipinski definition) is 3. The zero-order valence-electron chi connectivity index (χ0n) is 16.5. The third-order valence-corrected chi connectivity index (χ3v) is 3.58. The van der Waals surface area contributed by atoms with Crippen molar-refractivity contribution in [3.05, 3.63) is 66.2 Å². The van der Waals surface area contributed by atoms with Crippen LogP contribution in [0.15, 0.2) is 60.7 Å². The van der Waals surface area contributed by atoms with Crippen molar-refractivity contribution in [3.63, 3.8) is 0 Å². The topological polar surface area (TPSA) is 42.4 Å². The Morgan fingerprint density at radius 1 is 0.923 bits per heavy atom. The number of carbonyl (C=O) groups is 1. The molecule has 0 saturated carbocycles. The summed E-state index contributed by atoms with van der Waals surface area (Å²) in [5.74, 6) is -0.196. The van der Waals surface area contributed by atoms with Crippen molar-refractivity contribution in [2.45, 2.75) is 27.7 Å². The first-order valence-electron chi connectivity index (χ1n) is 8.98. The lowest BCUT2D eigenvalue weighted by molar-refractivity contribution is -0.0755. The molecule has 26 heavy (non-hydrogen) atoms. The minimum absolute atomic E-state index is 0.196. The molecule has 138 valence electrons. The first-order chi connectivity index (χ1) is 12.7. The van der Waals surface area contributed by atoms with Crippen molar-refractivity contribution in [2.24, 2.45) is 0 Å². The molecule has 0 aliphatic rings. The van der Waals surface area contributed by atoms with Gasteiger partial charge in [-0.15, -0.1) is 0 Å². The van der Waals surface area contributed by atoms with E-state index in [-0.39, 0.29) is 5.91 Å². The van der Waals surface area contributed by atoms with Gasteiger partial charge in [0.25, 0.3) is 5.91 Å². The van der Waals surface area contributed by atoms with Gasteiger partial charge in [0, 0.05) is 18.0 Å². The number of aromatic nitrogens is 1. The molecule has 1 aromatic heterocycles. The molecule has 0 saturated heterocycles. The molecular formula is C22H28N2O2. The largest absolute Gasteiger partial charge is 0.277 e. The minimum Gasteiger partial charge on any atom is -0.274 e. The summed E-state index contributed by atoms with van der Waals surface area (Å²) in [6.07, 6.45) is 0. The molecule has 0 aliphatic heterocycles. The van der Waals surface area contributed by atoms with Gasteiger partial charge in [0.05, 0.1) is 23.9 Å². The van der Waals surface area contributed by atoms with Crippen LogP contribution in [0.1, 0.15) is 38.1 Å². The Kier molecular flexibility index (Phi) is 9.02. The van der Waals surface area contributed by atoms with Crippen molar-refractivity contribution in [1.82, 2.24) is 10.0 Å². The minimum atomic E-state index is -0.196. The molecule has 1 heterocycles. The summed E-state index contributed by atoms with van der Waals surface area (Å²) in [5.41, 5.74) is 3.11. The number of amides is 1. The van der Waals surface area contributed by atoms with Gasteiger partial charge in [0.1, 0.15) is 0 Å². The third kappa shape index (κ3) is 4.90. The van der Waals surface area contributed by atoms with Crippen LogP contribution in [0.4, 0.5) is 0 Å². The molecule has 1 amide bonds. The molecule has 4 nitrogen and oxygen atoms in total. The van der Waals surface area contributed by atoms with Crippen molar-refractivity contribution < 1.29 is 9.63 Å². The van der Waals surface area contributed by atoms with E-state index in [1.807, 2.05) is 88.4 Å². The fourth-order valence-corrected chi connectivity index (χ4v) is 2.36. The zero-order chi connectivity index (χ0) is 19.5. The van der Waals surface area contributed by atoms with Crippen LogP contribution >= 0.6 is 0 Å². The number of benzene rings is 2. The van der Waals surface area contributed by atoms with E-state index in [1.165, 1.54) is 12.2 Å².